The molecule has 0 spiro atoms. The maximum absolute atomic E-state index is 12.3. The van der Waals surface area contributed by atoms with Gasteiger partial charge in [-0.15, -0.1) is 0 Å². The molecule has 192 valence electrons. The van der Waals surface area contributed by atoms with E-state index in [0.717, 1.165) is 5.56 Å². The van der Waals surface area contributed by atoms with Crippen molar-refractivity contribution in [2.45, 2.75) is 61.2 Å². The first kappa shape index (κ1) is 24.8. The molecular weight excluding hydrogens is 464 g/mol. The fraction of sp³-hybridized carbons (Fsp3) is 0.625. The fourth-order valence-corrected chi connectivity index (χ4v) is 5.44. The Balaban J connectivity index is 1.27. The zero-order chi connectivity index (χ0) is 24.7. The Morgan fingerprint density at radius 2 is 1.83 bits per heavy atom. The van der Waals surface area contributed by atoms with Crippen LogP contribution in [0.2, 0.25) is 0 Å². The van der Waals surface area contributed by atoms with Crippen LogP contribution in [0.3, 0.4) is 0 Å². The van der Waals surface area contributed by atoms with E-state index >= 15 is 0 Å². The van der Waals surface area contributed by atoms with Crippen molar-refractivity contribution in [1.82, 2.24) is 0 Å². The van der Waals surface area contributed by atoms with Crippen molar-refractivity contribution >= 4 is 12.0 Å². The number of carbonyl (C=O) groups is 1. The summed E-state index contributed by atoms with van der Waals surface area (Å²) >= 11 is 0. The van der Waals surface area contributed by atoms with Gasteiger partial charge < -0.3 is 49.2 Å². The average molecular weight is 494 g/mol. The number of aliphatic hydroxyl groups is 5. The van der Waals surface area contributed by atoms with Crippen molar-refractivity contribution in [2.24, 2.45) is 11.8 Å². The lowest BCUT2D eigenvalue weighted by atomic mass is 9.83. The fourth-order valence-electron chi connectivity index (χ4n) is 5.44. The second-order valence-electron chi connectivity index (χ2n) is 9.39. The number of hydrogen-bond acceptors (Lipinski definition) is 11. The van der Waals surface area contributed by atoms with Crippen LogP contribution in [-0.4, -0.2) is 106 Å². The number of rotatable bonds is 7. The monoisotopic (exact) mass is 494 g/mol. The van der Waals surface area contributed by atoms with Gasteiger partial charge in [-0.25, -0.2) is 4.79 Å². The van der Waals surface area contributed by atoms with E-state index in [1.807, 2.05) is 30.3 Å². The third-order valence-corrected chi connectivity index (χ3v) is 7.34. The van der Waals surface area contributed by atoms with Crippen LogP contribution in [0.1, 0.15) is 12.0 Å². The molecule has 35 heavy (non-hydrogen) atoms. The SMILES string of the molecule is O=C(/C=C/c1ccccc1)OC[C@]12O[C@H]1[C@@H](O)C1CCO[C@@H](O[C@@H]3O[C@H](CO)[C@@H](O)[C@H](O)[C@H]3O)C12. The number of ether oxygens (including phenoxy) is 5. The van der Waals surface area contributed by atoms with Gasteiger partial charge in [-0.1, -0.05) is 30.3 Å². The molecule has 5 N–H and O–H groups in total. The minimum Gasteiger partial charge on any atom is -0.459 e. The van der Waals surface area contributed by atoms with Crippen LogP contribution >= 0.6 is 0 Å². The number of epoxide rings is 1. The van der Waals surface area contributed by atoms with E-state index in [2.05, 4.69) is 0 Å². The van der Waals surface area contributed by atoms with Gasteiger partial charge in [0.1, 0.15) is 42.7 Å². The van der Waals surface area contributed by atoms with Crippen molar-refractivity contribution in [3.63, 3.8) is 0 Å². The van der Waals surface area contributed by atoms with Crippen LogP contribution in [-0.2, 0) is 28.5 Å². The van der Waals surface area contributed by atoms with Gasteiger partial charge in [-0.05, 0) is 18.1 Å². The third kappa shape index (κ3) is 4.52. The highest BCUT2D eigenvalue weighted by Gasteiger charge is 2.76. The molecule has 5 rings (SSSR count). The Labute approximate surface area is 201 Å². The van der Waals surface area contributed by atoms with E-state index in [4.69, 9.17) is 23.7 Å². The van der Waals surface area contributed by atoms with Crippen LogP contribution in [0.5, 0.6) is 0 Å². The number of carbonyl (C=O) groups excluding carboxylic acids is 1. The maximum atomic E-state index is 12.3. The summed E-state index contributed by atoms with van der Waals surface area (Å²) in [5.74, 6) is -1.39. The first-order valence-electron chi connectivity index (χ1n) is 11.7. The Hall–Kier alpha value is -1.93. The van der Waals surface area contributed by atoms with Crippen molar-refractivity contribution in [3.05, 3.63) is 42.0 Å². The zero-order valence-electron chi connectivity index (χ0n) is 18.8. The highest BCUT2D eigenvalue weighted by Crippen LogP contribution is 2.60. The van der Waals surface area contributed by atoms with E-state index in [9.17, 15) is 30.3 Å². The summed E-state index contributed by atoms with van der Waals surface area (Å²) in [5, 5.41) is 50.6. The first-order chi connectivity index (χ1) is 16.9. The number of aliphatic hydroxyl groups excluding tert-OH is 5. The van der Waals surface area contributed by atoms with E-state index in [1.54, 1.807) is 6.08 Å². The second-order valence-corrected chi connectivity index (χ2v) is 9.39. The Kier molecular flexibility index (Phi) is 6.96. The largest absolute Gasteiger partial charge is 0.459 e. The number of hydrogen-bond donors (Lipinski definition) is 5. The van der Waals surface area contributed by atoms with Crippen LogP contribution in [0, 0.1) is 11.8 Å². The lowest BCUT2D eigenvalue weighted by Gasteiger charge is -2.44. The number of fused-ring (bicyclic) bond motifs is 3. The molecule has 1 saturated carbocycles. The van der Waals surface area contributed by atoms with Gasteiger partial charge in [-0.2, -0.15) is 0 Å². The van der Waals surface area contributed by atoms with Crippen LogP contribution in [0.15, 0.2) is 36.4 Å². The van der Waals surface area contributed by atoms with E-state index in [1.165, 1.54) is 6.08 Å². The van der Waals surface area contributed by atoms with Gasteiger partial charge in [0.15, 0.2) is 12.6 Å². The predicted octanol–water partition coefficient (Wildman–Crippen LogP) is -1.45. The molecule has 11 heteroatoms. The van der Waals surface area contributed by atoms with Crippen molar-refractivity contribution < 1.29 is 54.0 Å². The van der Waals surface area contributed by atoms with Gasteiger partial charge in [0.2, 0.25) is 0 Å². The third-order valence-electron chi connectivity index (χ3n) is 7.34. The van der Waals surface area contributed by atoms with E-state index < -0.39 is 73.3 Å². The quantitative estimate of drug-likeness (QED) is 0.171. The van der Waals surface area contributed by atoms with Gasteiger partial charge in [0.25, 0.3) is 0 Å². The smallest absolute Gasteiger partial charge is 0.330 e. The van der Waals surface area contributed by atoms with Gasteiger partial charge in [-0.3, -0.25) is 0 Å². The van der Waals surface area contributed by atoms with Crippen molar-refractivity contribution in [3.8, 4) is 0 Å². The lowest BCUT2D eigenvalue weighted by molar-refractivity contribution is -0.356. The zero-order valence-corrected chi connectivity index (χ0v) is 18.8. The van der Waals surface area contributed by atoms with Gasteiger partial charge >= 0.3 is 5.97 Å². The minimum absolute atomic E-state index is 0.133. The Bertz CT molecular complexity index is 923. The normalized spacial score (nSPS) is 44.6. The number of benzene rings is 1. The van der Waals surface area contributed by atoms with Gasteiger partial charge in [0.05, 0.1) is 25.2 Å². The summed E-state index contributed by atoms with van der Waals surface area (Å²) in [4.78, 5) is 12.3. The second kappa shape index (κ2) is 9.85. The topological polar surface area (TPSA) is 168 Å². The predicted molar refractivity (Wildman–Crippen MR) is 116 cm³/mol. The molecule has 11 nitrogen and oxygen atoms in total. The minimum atomic E-state index is -1.60. The molecule has 0 amide bonds. The van der Waals surface area contributed by atoms with Crippen LogP contribution in [0.4, 0.5) is 0 Å². The molecule has 3 saturated heterocycles. The molecule has 0 aromatic heterocycles. The summed E-state index contributed by atoms with van der Waals surface area (Å²) in [6, 6.07) is 9.27. The molecule has 0 radical (unpaired) electrons. The molecule has 3 aliphatic heterocycles. The Morgan fingerprint density at radius 1 is 1.06 bits per heavy atom. The summed E-state index contributed by atoms with van der Waals surface area (Å²) in [6.07, 6.45) is -6.19. The standard InChI is InChI=1S/C24H30O11/c25-10-14-18(28)19(29)20(30)23(33-14)34-22-16-13(8-9-31-22)17(27)21-24(16,35-21)11-32-15(26)7-6-12-4-2-1-3-5-12/h1-7,13-14,16-23,25,27-30H,8-11H2/b7-6+/t13?,14-,16?,17+,18-,19+,20-,21+,22+,23+,24-/m1/s1. The molecule has 3 heterocycles. The molecule has 1 aromatic carbocycles. The van der Waals surface area contributed by atoms with Crippen molar-refractivity contribution in [2.75, 3.05) is 19.8 Å². The van der Waals surface area contributed by atoms with E-state index in [-0.39, 0.29) is 19.1 Å². The highest BCUT2D eigenvalue weighted by atomic mass is 16.8. The first-order valence-corrected chi connectivity index (χ1v) is 11.7. The van der Waals surface area contributed by atoms with Gasteiger partial charge in [0, 0.05) is 12.0 Å². The Morgan fingerprint density at radius 3 is 2.57 bits per heavy atom. The van der Waals surface area contributed by atoms with Crippen LogP contribution in [0.25, 0.3) is 6.08 Å². The molecule has 11 atom stereocenters. The summed E-state index contributed by atoms with van der Waals surface area (Å²) in [5.41, 5.74) is -0.187. The molecule has 2 unspecified atom stereocenters. The molecule has 0 bridgehead atoms. The molecule has 1 aliphatic carbocycles. The molecule has 4 aliphatic rings. The molecule has 4 fully saturated rings. The van der Waals surface area contributed by atoms with E-state index in [0.29, 0.717) is 6.42 Å². The lowest BCUT2D eigenvalue weighted by Crippen LogP contribution is -2.61. The summed E-state index contributed by atoms with van der Waals surface area (Å²) in [6.45, 7) is -0.461. The molecular formula is C24H30O11. The van der Waals surface area contributed by atoms with Crippen molar-refractivity contribution in [1.29, 1.82) is 0 Å². The van der Waals surface area contributed by atoms with Crippen LogP contribution < -0.4 is 0 Å². The highest BCUT2D eigenvalue weighted by molar-refractivity contribution is 5.87. The molecule has 1 aromatic rings. The summed E-state index contributed by atoms with van der Waals surface area (Å²) in [7, 11) is 0. The number of esters is 1. The maximum Gasteiger partial charge on any atom is 0.330 e. The summed E-state index contributed by atoms with van der Waals surface area (Å²) < 4.78 is 28.4. The average Bonchev–Trinajstić information content (AvgIpc) is 3.56.